The van der Waals surface area contributed by atoms with Crippen LogP contribution in [0, 0.1) is 26.2 Å². The van der Waals surface area contributed by atoms with Crippen LogP contribution in [0.1, 0.15) is 11.1 Å². The molecule has 17 heavy (non-hydrogen) atoms. The van der Waals surface area contributed by atoms with Crippen molar-refractivity contribution in [3.05, 3.63) is 27.7 Å². The zero-order valence-corrected chi connectivity index (χ0v) is 11.5. The van der Waals surface area contributed by atoms with Crippen LogP contribution in [0.5, 0.6) is 0 Å². The van der Waals surface area contributed by atoms with E-state index in [9.17, 15) is 4.79 Å². The van der Waals surface area contributed by atoms with E-state index in [0.717, 1.165) is 21.3 Å². The molecule has 0 aliphatic rings. The average Bonchev–Trinajstić information content (AvgIpc) is 2.26. The number of hydrogen-bond acceptors (Lipinski definition) is 2. The molecule has 90 valence electrons. The van der Waals surface area contributed by atoms with Crippen molar-refractivity contribution >= 4 is 27.5 Å². The van der Waals surface area contributed by atoms with Gasteiger partial charge in [-0.2, -0.15) is 0 Å². The number of amides is 1. The van der Waals surface area contributed by atoms with Crippen molar-refractivity contribution in [3.63, 3.8) is 0 Å². The Morgan fingerprint density at radius 3 is 2.53 bits per heavy atom. The summed E-state index contributed by atoms with van der Waals surface area (Å²) in [6.07, 6.45) is 5.07. The highest BCUT2D eigenvalue weighted by Crippen LogP contribution is 2.24. The molecular formula is C13H15BrN2O. The average molecular weight is 295 g/mol. The van der Waals surface area contributed by atoms with Gasteiger partial charge in [0.05, 0.1) is 13.1 Å². The Hall–Kier alpha value is -1.31. The van der Waals surface area contributed by atoms with Crippen molar-refractivity contribution in [2.45, 2.75) is 13.8 Å². The van der Waals surface area contributed by atoms with E-state index in [4.69, 9.17) is 6.42 Å². The third-order valence-corrected chi connectivity index (χ3v) is 3.48. The normalized spacial score (nSPS) is 9.76. The van der Waals surface area contributed by atoms with Crippen LogP contribution >= 0.6 is 15.9 Å². The van der Waals surface area contributed by atoms with Gasteiger partial charge in [0.1, 0.15) is 0 Å². The molecule has 0 radical (unpaired) electrons. The lowest BCUT2D eigenvalue weighted by molar-refractivity contribution is -0.115. The summed E-state index contributed by atoms with van der Waals surface area (Å²) in [6.45, 7) is 4.59. The highest BCUT2D eigenvalue weighted by molar-refractivity contribution is 9.10. The molecule has 0 aliphatic heterocycles. The number of benzene rings is 1. The van der Waals surface area contributed by atoms with Gasteiger partial charge in [-0.25, -0.2) is 0 Å². The monoisotopic (exact) mass is 294 g/mol. The first-order chi connectivity index (χ1) is 8.04. The van der Waals surface area contributed by atoms with Gasteiger partial charge in [0.2, 0.25) is 5.91 Å². The predicted molar refractivity (Wildman–Crippen MR) is 73.9 cm³/mol. The molecule has 0 unspecified atom stereocenters. The lowest BCUT2D eigenvalue weighted by Gasteiger charge is -2.09. The maximum atomic E-state index is 11.5. The Bertz CT molecular complexity index is 440. The van der Waals surface area contributed by atoms with Crippen molar-refractivity contribution in [2.75, 3.05) is 18.4 Å². The van der Waals surface area contributed by atoms with E-state index in [2.05, 4.69) is 32.5 Å². The van der Waals surface area contributed by atoms with Crippen molar-refractivity contribution in [3.8, 4) is 12.3 Å². The Balaban J connectivity index is 2.63. The molecule has 0 heterocycles. The molecule has 1 aromatic carbocycles. The molecule has 1 aromatic rings. The number of anilines is 1. The van der Waals surface area contributed by atoms with Crippen LogP contribution in [-0.2, 0) is 4.79 Å². The minimum atomic E-state index is -0.0960. The van der Waals surface area contributed by atoms with Crippen LogP contribution in [0.3, 0.4) is 0 Å². The van der Waals surface area contributed by atoms with Gasteiger partial charge in [-0.05, 0) is 37.1 Å². The molecule has 1 amide bonds. The second-order valence-corrected chi connectivity index (χ2v) is 4.57. The second-order valence-electron chi connectivity index (χ2n) is 3.78. The van der Waals surface area contributed by atoms with Crippen LogP contribution in [0.2, 0.25) is 0 Å². The summed E-state index contributed by atoms with van der Waals surface area (Å²) in [5, 5.41) is 5.66. The number of nitrogens with one attached hydrogen (secondary N) is 2. The van der Waals surface area contributed by atoms with E-state index >= 15 is 0 Å². The standard InChI is InChI=1S/C13H15BrN2O/c1-4-5-15-8-12(17)16-11-6-9(2)13(14)10(3)7-11/h1,6-7,15H,5,8H2,2-3H3,(H,16,17). The SMILES string of the molecule is C#CCNCC(=O)Nc1cc(C)c(Br)c(C)c1. The number of rotatable bonds is 4. The van der Waals surface area contributed by atoms with Gasteiger partial charge < -0.3 is 5.32 Å². The number of carbonyl (C=O) groups is 1. The maximum absolute atomic E-state index is 11.5. The van der Waals surface area contributed by atoms with Crippen molar-refractivity contribution in [2.24, 2.45) is 0 Å². The molecule has 0 fully saturated rings. The van der Waals surface area contributed by atoms with E-state index in [1.54, 1.807) is 0 Å². The summed E-state index contributed by atoms with van der Waals surface area (Å²) in [5.74, 6) is 2.32. The summed E-state index contributed by atoms with van der Waals surface area (Å²) >= 11 is 3.48. The van der Waals surface area contributed by atoms with E-state index in [-0.39, 0.29) is 12.5 Å². The molecule has 2 N–H and O–H groups in total. The molecule has 0 aliphatic carbocycles. The summed E-state index contributed by atoms with van der Waals surface area (Å²) in [5.41, 5.74) is 2.99. The molecule has 0 bridgehead atoms. The lowest BCUT2D eigenvalue weighted by Crippen LogP contribution is -2.28. The van der Waals surface area contributed by atoms with Gasteiger partial charge in [-0.3, -0.25) is 10.1 Å². The first kappa shape index (κ1) is 13.8. The van der Waals surface area contributed by atoms with Gasteiger partial charge in [0, 0.05) is 10.2 Å². The van der Waals surface area contributed by atoms with Crippen molar-refractivity contribution in [1.82, 2.24) is 5.32 Å². The third-order valence-electron chi connectivity index (χ3n) is 2.23. The largest absolute Gasteiger partial charge is 0.325 e. The van der Waals surface area contributed by atoms with Crippen LogP contribution in [0.15, 0.2) is 16.6 Å². The fourth-order valence-corrected chi connectivity index (χ4v) is 1.70. The number of terminal acetylenes is 1. The third kappa shape index (κ3) is 4.22. The molecule has 4 heteroatoms. The fraction of sp³-hybridized carbons (Fsp3) is 0.308. The maximum Gasteiger partial charge on any atom is 0.238 e. The quantitative estimate of drug-likeness (QED) is 0.660. The molecule has 1 rings (SSSR count). The van der Waals surface area contributed by atoms with E-state index in [1.807, 2.05) is 26.0 Å². The van der Waals surface area contributed by atoms with E-state index in [0.29, 0.717) is 6.54 Å². The second kappa shape index (κ2) is 6.43. The molecule has 0 atom stereocenters. The number of hydrogen-bond donors (Lipinski definition) is 2. The first-order valence-corrected chi connectivity index (χ1v) is 6.04. The van der Waals surface area contributed by atoms with E-state index in [1.165, 1.54) is 0 Å². The van der Waals surface area contributed by atoms with Gasteiger partial charge >= 0.3 is 0 Å². The zero-order valence-electron chi connectivity index (χ0n) is 9.93. The molecule has 3 nitrogen and oxygen atoms in total. The minimum absolute atomic E-state index is 0.0960. The number of aryl methyl sites for hydroxylation is 2. The fourth-order valence-electron chi connectivity index (χ4n) is 1.47. The first-order valence-electron chi connectivity index (χ1n) is 5.25. The summed E-state index contributed by atoms with van der Waals surface area (Å²) < 4.78 is 1.07. The summed E-state index contributed by atoms with van der Waals surface area (Å²) in [4.78, 5) is 11.5. The molecular weight excluding hydrogens is 280 g/mol. The Labute approximate surface area is 110 Å². The molecule has 0 aromatic heterocycles. The van der Waals surface area contributed by atoms with Gasteiger partial charge in [-0.15, -0.1) is 6.42 Å². The topological polar surface area (TPSA) is 41.1 Å². The lowest BCUT2D eigenvalue weighted by atomic mass is 10.1. The zero-order chi connectivity index (χ0) is 12.8. The van der Waals surface area contributed by atoms with Gasteiger partial charge in [0.25, 0.3) is 0 Å². The Morgan fingerprint density at radius 1 is 1.41 bits per heavy atom. The van der Waals surface area contributed by atoms with Crippen LogP contribution < -0.4 is 10.6 Å². The summed E-state index contributed by atoms with van der Waals surface area (Å²) in [7, 11) is 0. The Morgan fingerprint density at radius 2 is 2.00 bits per heavy atom. The van der Waals surface area contributed by atoms with Crippen LogP contribution in [0.4, 0.5) is 5.69 Å². The number of halogens is 1. The minimum Gasteiger partial charge on any atom is -0.325 e. The Kier molecular flexibility index (Phi) is 5.20. The van der Waals surface area contributed by atoms with E-state index < -0.39 is 0 Å². The van der Waals surface area contributed by atoms with Gasteiger partial charge in [0.15, 0.2) is 0 Å². The van der Waals surface area contributed by atoms with Gasteiger partial charge in [-0.1, -0.05) is 21.9 Å². The van der Waals surface area contributed by atoms with Crippen molar-refractivity contribution in [1.29, 1.82) is 0 Å². The predicted octanol–water partition coefficient (Wildman–Crippen LogP) is 2.23. The highest BCUT2D eigenvalue weighted by Gasteiger charge is 2.05. The summed E-state index contributed by atoms with van der Waals surface area (Å²) in [6, 6.07) is 3.85. The molecule has 0 saturated heterocycles. The smallest absolute Gasteiger partial charge is 0.238 e. The van der Waals surface area contributed by atoms with Crippen molar-refractivity contribution < 1.29 is 4.79 Å². The van der Waals surface area contributed by atoms with Crippen LogP contribution in [0.25, 0.3) is 0 Å². The molecule has 0 spiro atoms. The van der Waals surface area contributed by atoms with Crippen LogP contribution in [-0.4, -0.2) is 19.0 Å². The number of carbonyl (C=O) groups excluding carboxylic acids is 1. The molecule has 0 saturated carbocycles. The highest BCUT2D eigenvalue weighted by atomic mass is 79.9.